The molecule has 1 heterocycles. The Hall–Kier alpha value is -2.68. The lowest BCUT2D eigenvalue weighted by molar-refractivity contribution is 0.256. The average molecular weight is 402 g/mol. The van der Waals surface area contributed by atoms with Crippen molar-refractivity contribution >= 4 is 21.7 Å². The highest BCUT2D eigenvalue weighted by atomic mass is 32.2. The molecule has 0 unspecified atom stereocenters. The third-order valence-electron chi connectivity index (χ3n) is 5.32. The number of rotatable bonds is 4. The van der Waals surface area contributed by atoms with Crippen molar-refractivity contribution in [3.63, 3.8) is 0 Å². The third-order valence-corrected chi connectivity index (χ3v) is 6.76. The molecule has 0 saturated heterocycles. The van der Waals surface area contributed by atoms with Crippen LogP contribution < -0.4 is 14.8 Å². The minimum atomic E-state index is -4.11. The van der Waals surface area contributed by atoms with Gasteiger partial charge in [-0.1, -0.05) is 6.07 Å². The van der Waals surface area contributed by atoms with Crippen molar-refractivity contribution < 1.29 is 17.9 Å². The number of benzene rings is 1. The number of fused-ring (bicyclic) bond motifs is 2. The van der Waals surface area contributed by atoms with E-state index in [4.69, 9.17) is 4.74 Å². The Morgan fingerprint density at radius 3 is 2.32 bits per heavy atom. The highest BCUT2D eigenvalue weighted by molar-refractivity contribution is 7.90. The summed E-state index contributed by atoms with van der Waals surface area (Å²) in [6.07, 6.45) is 7.03. The second-order valence-electron chi connectivity index (χ2n) is 7.10. The molecule has 2 aromatic rings. The van der Waals surface area contributed by atoms with E-state index in [2.05, 4.69) is 26.1 Å². The van der Waals surface area contributed by atoms with Crippen LogP contribution in [0.15, 0.2) is 17.2 Å². The molecule has 2 N–H and O–H groups in total. The predicted molar refractivity (Wildman–Crippen MR) is 103 cm³/mol. The molecule has 2 aliphatic carbocycles. The number of urea groups is 1. The van der Waals surface area contributed by atoms with Gasteiger partial charge in [-0.15, -0.1) is 0 Å². The SMILES string of the molecule is COc1ncc(S(=O)(=O)NC(=O)Nc2c3c(cc4c2CCC4)CCC3)c(C)n1. The number of anilines is 1. The van der Waals surface area contributed by atoms with Gasteiger partial charge in [0.2, 0.25) is 0 Å². The fourth-order valence-electron chi connectivity index (χ4n) is 4.08. The van der Waals surface area contributed by atoms with Crippen LogP contribution in [-0.2, 0) is 35.7 Å². The quantitative estimate of drug-likeness (QED) is 0.812. The zero-order chi connectivity index (χ0) is 19.9. The Bertz CT molecular complexity index is 1030. The Kier molecular flexibility index (Phi) is 4.70. The lowest BCUT2D eigenvalue weighted by Gasteiger charge is -2.16. The topological polar surface area (TPSA) is 110 Å². The summed E-state index contributed by atoms with van der Waals surface area (Å²) in [5, 5.41) is 2.82. The largest absolute Gasteiger partial charge is 0.467 e. The van der Waals surface area contributed by atoms with Crippen LogP contribution in [0.4, 0.5) is 10.5 Å². The number of aryl methyl sites for hydroxylation is 3. The van der Waals surface area contributed by atoms with Gasteiger partial charge in [0.25, 0.3) is 10.0 Å². The van der Waals surface area contributed by atoms with Crippen molar-refractivity contribution in [1.82, 2.24) is 14.7 Å². The maximum atomic E-state index is 12.6. The Balaban J connectivity index is 1.59. The van der Waals surface area contributed by atoms with Gasteiger partial charge in [0.1, 0.15) is 4.90 Å². The van der Waals surface area contributed by atoms with Crippen LogP contribution in [0.2, 0.25) is 0 Å². The van der Waals surface area contributed by atoms with Crippen LogP contribution in [0.25, 0.3) is 0 Å². The minimum Gasteiger partial charge on any atom is -0.467 e. The second-order valence-corrected chi connectivity index (χ2v) is 8.75. The normalized spacial score (nSPS) is 15.1. The average Bonchev–Trinajstić information content (AvgIpc) is 3.29. The summed E-state index contributed by atoms with van der Waals surface area (Å²) in [6, 6.07) is 1.55. The Morgan fingerprint density at radius 2 is 1.75 bits per heavy atom. The summed E-state index contributed by atoms with van der Waals surface area (Å²) in [4.78, 5) is 20.2. The predicted octanol–water partition coefficient (Wildman–Crippen LogP) is 2.28. The Labute approximate surface area is 163 Å². The molecular weight excluding hydrogens is 380 g/mol. The zero-order valence-corrected chi connectivity index (χ0v) is 16.6. The number of aromatic nitrogens is 2. The smallest absolute Gasteiger partial charge is 0.333 e. The number of amides is 2. The first-order valence-electron chi connectivity index (χ1n) is 9.27. The molecule has 28 heavy (non-hydrogen) atoms. The van der Waals surface area contributed by atoms with Crippen LogP contribution >= 0.6 is 0 Å². The molecule has 4 rings (SSSR count). The number of methoxy groups -OCH3 is 1. The van der Waals surface area contributed by atoms with Crippen molar-refractivity contribution in [3.8, 4) is 6.01 Å². The number of sulfonamides is 1. The maximum Gasteiger partial charge on any atom is 0.333 e. The van der Waals surface area contributed by atoms with E-state index in [1.807, 2.05) is 0 Å². The number of hydrogen-bond acceptors (Lipinski definition) is 6. The summed E-state index contributed by atoms with van der Waals surface area (Å²) in [6.45, 7) is 1.52. The van der Waals surface area contributed by atoms with Crippen molar-refractivity contribution in [2.45, 2.75) is 50.3 Å². The molecule has 8 nitrogen and oxygen atoms in total. The van der Waals surface area contributed by atoms with E-state index in [0.29, 0.717) is 0 Å². The van der Waals surface area contributed by atoms with Gasteiger partial charge in [-0.05, 0) is 67.7 Å². The summed E-state index contributed by atoms with van der Waals surface area (Å²) in [5.74, 6) is 0. The third kappa shape index (κ3) is 3.30. The van der Waals surface area contributed by atoms with Crippen molar-refractivity contribution in [2.75, 3.05) is 12.4 Å². The van der Waals surface area contributed by atoms with Gasteiger partial charge in [0.15, 0.2) is 0 Å². The fraction of sp³-hybridized carbons (Fsp3) is 0.421. The zero-order valence-electron chi connectivity index (χ0n) is 15.8. The van der Waals surface area contributed by atoms with Gasteiger partial charge in [-0.3, -0.25) is 0 Å². The summed E-state index contributed by atoms with van der Waals surface area (Å²) in [5.41, 5.74) is 5.79. The monoisotopic (exact) mass is 402 g/mol. The summed E-state index contributed by atoms with van der Waals surface area (Å²) >= 11 is 0. The molecule has 2 amide bonds. The van der Waals surface area contributed by atoms with Gasteiger partial charge in [-0.2, -0.15) is 4.98 Å². The molecule has 0 bridgehead atoms. The van der Waals surface area contributed by atoms with Gasteiger partial charge in [-0.25, -0.2) is 22.9 Å². The van der Waals surface area contributed by atoms with Crippen molar-refractivity contribution in [2.24, 2.45) is 0 Å². The van der Waals surface area contributed by atoms with E-state index in [1.54, 1.807) is 0 Å². The Morgan fingerprint density at radius 1 is 1.11 bits per heavy atom. The second kappa shape index (κ2) is 7.05. The van der Waals surface area contributed by atoms with E-state index in [9.17, 15) is 13.2 Å². The van der Waals surface area contributed by atoms with Crippen molar-refractivity contribution in [3.05, 3.63) is 40.2 Å². The number of carbonyl (C=O) groups is 1. The first-order valence-corrected chi connectivity index (χ1v) is 10.8. The molecule has 0 radical (unpaired) electrons. The van der Waals surface area contributed by atoms with Gasteiger partial charge in [0.05, 0.1) is 19.0 Å². The van der Waals surface area contributed by atoms with Crippen LogP contribution in [0.1, 0.15) is 40.8 Å². The van der Waals surface area contributed by atoms with E-state index >= 15 is 0 Å². The molecule has 1 aromatic carbocycles. The highest BCUT2D eigenvalue weighted by Crippen LogP contribution is 2.38. The number of nitrogens with zero attached hydrogens (tertiary/aromatic N) is 2. The van der Waals surface area contributed by atoms with Crippen molar-refractivity contribution in [1.29, 1.82) is 0 Å². The molecule has 0 saturated carbocycles. The lowest BCUT2D eigenvalue weighted by Crippen LogP contribution is -2.35. The molecule has 148 valence electrons. The van der Waals surface area contributed by atoms with Crippen LogP contribution in [0.5, 0.6) is 6.01 Å². The maximum absolute atomic E-state index is 12.6. The number of nitrogens with one attached hydrogen (secondary N) is 2. The molecule has 0 fully saturated rings. The highest BCUT2D eigenvalue weighted by Gasteiger charge is 2.27. The van der Waals surface area contributed by atoms with E-state index in [0.717, 1.165) is 61.5 Å². The number of ether oxygens (including phenoxy) is 1. The van der Waals surface area contributed by atoms with Crippen LogP contribution in [0.3, 0.4) is 0 Å². The first kappa shape index (κ1) is 18.7. The molecule has 0 atom stereocenters. The van der Waals surface area contributed by atoms with Gasteiger partial charge >= 0.3 is 12.0 Å². The lowest BCUT2D eigenvalue weighted by atomic mass is 9.99. The number of carbonyl (C=O) groups excluding carboxylic acids is 1. The summed E-state index contributed by atoms with van der Waals surface area (Å²) < 4.78 is 32.2. The fourth-order valence-corrected chi connectivity index (χ4v) is 5.11. The van der Waals surface area contributed by atoms with Gasteiger partial charge in [0, 0.05) is 5.69 Å². The van der Waals surface area contributed by atoms with E-state index in [-0.39, 0.29) is 16.6 Å². The molecular formula is C19H22N4O4S. The van der Waals surface area contributed by atoms with E-state index in [1.165, 1.54) is 25.2 Å². The van der Waals surface area contributed by atoms with Crippen LogP contribution in [-0.4, -0.2) is 31.5 Å². The van der Waals surface area contributed by atoms with Crippen LogP contribution in [0, 0.1) is 6.92 Å². The first-order chi connectivity index (χ1) is 13.4. The molecule has 0 aliphatic heterocycles. The van der Waals surface area contributed by atoms with Gasteiger partial charge < -0.3 is 10.1 Å². The number of hydrogen-bond donors (Lipinski definition) is 2. The van der Waals surface area contributed by atoms with E-state index < -0.39 is 16.1 Å². The minimum absolute atomic E-state index is 0.0660. The molecule has 1 aromatic heterocycles. The molecule has 0 spiro atoms. The molecule has 2 aliphatic rings. The molecule has 9 heteroatoms. The summed E-state index contributed by atoms with van der Waals surface area (Å²) in [7, 11) is -2.71. The standard InChI is InChI=1S/C19H22N4O4S/c1-11-16(10-20-19(21-11)27-2)28(25,26)23-18(24)22-17-14-7-3-5-12(14)9-13-6-4-8-15(13)17/h9-10H,3-8H2,1-2H3,(H2,22,23,24).